The molecule has 0 spiro atoms. The second kappa shape index (κ2) is 6.20. The summed E-state index contributed by atoms with van der Waals surface area (Å²) >= 11 is 1.72. The highest BCUT2D eigenvalue weighted by molar-refractivity contribution is 7.09. The number of nitrogens with two attached hydrogens (primary N) is 1. The van der Waals surface area contributed by atoms with Crippen LogP contribution in [0.4, 0.5) is 0 Å². The lowest BCUT2D eigenvalue weighted by molar-refractivity contribution is 0.305. The van der Waals surface area contributed by atoms with Crippen LogP contribution in [0.1, 0.15) is 25.3 Å². The molecule has 3 nitrogen and oxygen atoms in total. The second-order valence-corrected chi connectivity index (χ2v) is 5.20. The Bertz CT molecular complexity index is 255. The van der Waals surface area contributed by atoms with Crippen LogP contribution in [0.5, 0.6) is 0 Å². The Labute approximate surface area is 96.1 Å². The lowest BCUT2D eigenvalue weighted by atomic mass is 9.88. The topological polar surface area (TPSA) is 50.9 Å². The van der Waals surface area contributed by atoms with E-state index in [0.717, 1.165) is 32.5 Å². The summed E-state index contributed by atoms with van der Waals surface area (Å²) in [6.07, 6.45) is 3.99. The Balaban J connectivity index is 2.16. The number of nitrogens with zero attached hydrogens (tertiary/aromatic N) is 1. The molecule has 86 valence electrons. The molecule has 0 saturated carbocycles. The number of rotatable bonds is 7. The molecule has 0 bridgehead atoms. The first kappa shape index (κ1) is 12.6. The van der Waals surface area contributed by atoms with E-state index in [1.165, 1.54) is 5.01 Å². The first-order valence-corrected chi connectivity index (χ1v) is 6.37. The van der Waals surface area contributed by atoms with Gasteiger partial charge in [0.25, 0.3) is 0 Å². The van der Waals surface area contributed by atoms with Crippen molar-refractivity contribution in [2.24, 2.45) is 11.1 Å². The summed E-state index contributed by atoms with van der Waals surface area (Å²) in [5, 5.41) is 6.67. The molecular formula is C11H21N3S. The number of hydrogen-bond acceptors (Lipinski definition) is 4. The van der Waals surface area contributed by atoms with E-state index >= 15 is 0 Å². The normalized spacial score (nSPS) is 15.1. The second-order valence-electron chi connectivity index (χ2n) is 4.22. The van der Waals surface area contributed by atoms with Crippen LogP contribution in [0.2, 0.25) is 0 Å². The number of aromatic nitrogens is 1. The molecule has 0 aliphatic carbocycles. The van der Waals surface area contributed by atoms with Crippen molar-refractivity contribution in [2.45, 2.75) is 26.7 Å². The van der Waals surface area contributed by atoms with Gasteiger partial charge in [-0.2, -0.15) is 0 Å². The highest BCUT2D eigenvalue weighted by Crippen LogP contribution is 2.17. The first-order valence-electron chi connectivity index (χ1n) is 5.49. The lowest BCUT2D eigenvalue weighted by Gasteiger charge is -2.26. The molecule has 0 fully saturated rings. The SMILES string of the molecule is CCC(C)(CN)CNCCc1nccs1. The van der Waals surface area contributed by atoms with Gasteiger partial charge in [0.05, 0.1) is 5.01 Å². The van der Waals surface area contributed by atoms with Crippen LogP contribution in [0, 0.1) is 5.41 Å². The smallest absolute Gasteiger partial charge is 0.0937 e. The Hall–Kier alpha value is -0.450. The zero-order chi connectivity index (χ0) is 11.1. The van der Waals surface area contributed by atoms with Gasteiger partial charge < -0.3 is 11.1 Å². The molecule has 0 aliphatic rings. The van der Waals surface area contributed by atoms with Gasteiger partial charge in [0, 0.05) is 31.1 Å². The molecule has 1 heterocycles. The van der Waals surface area contributed by atoms with E-state index in [9.17, 15) is 0 Å². The van der Waals surface area contributed by atoms with E-state index < -0.39 is 0 Å². The third kappa shape index (κ3) is 4.28. The minimum Gasteiger partial charge on any atom is -0.330 e. The first-order chi connectivity index (χ1) is 7.20. The minimum absolute atomic E-state index is 0.239. The Kier molecular flexibility index (Phi) is 5.22. The van der Waals surface area contributed by atoms with Crippen LogP contribution in [0.3, 0.4) is 0 Å². The number of hydrogen-bond donors (Lipinski definition) is 2. The molecule has 1 unspecified atom stereocenters. The fourth-order valence-electron chi connectivity index (χ4n) is 1.30. The van der Waals surface area contributed by atoms with Crippen LogP contribution in [0.15, 0.2) is 11.6 Å². The third-order valence-corrected chi connectivity index (χ3v) is 3.74. The third-order valence-electron chi connectivity index (χ3n) is 2.90. The molecule has 4 heteroatoms. The maximum atomic E-state index is 5.74. The highest BCUT2D eigenvalue weighted by atomic mass is 32.1. The maximum absolute atomic E-state index is 5.74. The van der Waals surface area contributed by atoms with Crippen molar-refractivity contribution < 1.29 is 0 Å². The molecule has 0 amide bonds. The van der Waals surface area contributed by atoms with Crippen molar-refractivity contribution in [2.75, 3.05) is 19.6 Å². The van der Waals surface area contributed by atoms with E-state index in [4.69, 9.17) is 5.73 Å². The van der Waals surface area contributed by atoms with Gasteiger partial charge in [-0.05, 0) is 18.4 Å². The van der Waals surface area contributed by atoms with Crippen molar-refractivity contribution >= 4 is 11.3 Å². The Morgan fingerprint density at radius 1 is 1.60 bits per heavy atom. The van der Waals surface area contributed by atoms with E-state index in [0.29, 0.717) is 0 Å². The van der Waals surface area contributed by atoms with Crippen LogP contribution in [0.25, 0.3) is 0 Å². The standard InChI is InChI=1S/C11H21N3S/c1-3-11(2,8-12)9-13-5-4-10-14-6-7-15-10/h6-7,13H,3-5,8-9,12H2,1-2H3. The molecule has 1 rings (SSSR count). The highest BCUT2D eigenvalue weighted by Gasteiger charge is 2.18. The van der Waals surface area contributed by atoms with Crippen molar-refractivity contribution in [1.82, 2.24) is 10.3 Å². The predicted octanol–water partition coefficient (Wildman–Crippen LogP) is 1.65. The van der Waals surface area contributed by atoms with E-state index in [1.807, 2.05) is 11.6 Å². The molecule has 15 heavy (non-hydrogen) atoms. The number of nitrogens with one attached hydrogen (secondary N) is 1. The van der Waals surface area contributed by atoms with Crippen LogP contribution < -0.4 is 11.1 Å². The van der Waals surface area contributed by atoms with Crippen molar-refractivity contribution in [3.8, 4) is 0 Å². The Morgan fingerprint density at radius 3 is 2.93 bits per heavy atom. The fraction of sp³-hybridized carbons (Fsp3) is 0.727. The average molecular weight is 227 g/mol. The quantitative estimate of drug-likeness (QED) is 0.696. The molecular weight excluding hydrogens is 206 g/mol. The van der Waals surface area contributed by atoms with Crippen LogP contribution in [-0.2, 0) is 6.42 Å². The molecule has 0 radical (unpaired) electrons. The van der Waals surface area contributed by atoms with Crippen molar-refractivity contribution in [1.29, 1.82) is 0 Å². The van der Waals surface area contributed by atoms with Gasteiger partial charge in [-0.25, -0.2) is 4.98 Å². The maximum Gasteiger partial charge on any atom is 0.0937 e. The molecule has 0 saturated heterocycles. The molecule has 3 N–H and O–H groups in total. The summed E-state index contributed by atoms with van der Waals surface area (Å²) in [5.74, 6) is 0. The largest absolute Gasteiger partial charge is 0.330 e. The predicted molar refractivity (Wildman–Crippen MR) is 66.1 cm³/mol. The van der Waals surface area contributed by atoms with Gasteiger partial charge in [0.1, 0.15) is 0 Å². The van der Waals surface area contributed by atoms with Crippen molar-refractivity contribution in [3.05, 3.63) is 16.6 Å². The van der Waals surface area contributed by atoms with Gasteiger partial charge in [-0.3, -0.25) is 0 Å². The van der Waals surface area contributed by atoms with Gasteiger partial charge in [0.2, 0.25) is 0 Å². The summed E-state index contributed by atoms with van der Waals surface area (Å²) in [6.45, 7) is 7.14. The lowest BCUT2D eigenvalue weighted by Crippen LogP contribution is -2.38. The van der Waals surface area contributed by atoms with E-state index in [1.54, 1.807) is 11.3 Å². The van der Waals surface area contributed by atoms with Gasteiger partial charge in [-0.15, -0.1) is 11.3 Å². The van der Waals surface area contributed by atoms with E-state index in [-0.39, 0.29) is 5.41 Å². The Morgan fingerprint density at radius 2 is 2.40 bits per heavy atom. The fourth-order valence-corrected chi connectivity index (χ4v) is 1.92. The summed E-state index contributed by atoms with van der Waals surface area (Å²) < 4.78 is 0. The van der Waals surface area contributed by atoms with Gasteiger partial charge in [0.15, 0.2) is 0 Å². The van der Waals surface area contributed by atoms with Crippen molar-refractivity contribution in [3.63, 3.8) is 0 Å². The molecule has 1 aromatic rings. The average Bonchev–Trinajstić information content (AvgIpc) is 2.77. The monoisotopic (exact) mass is 227 g/mol. The summed E-state index contributed by atoms with van der Waals surface area (Å²) in [7, 11) is 0. The summed E-state index contributed by atoms with van der Waals surface area (Å²) in [4.78, 5) is 4.24. The minimum atomic E-state index is 0.239. The summed E-state index contributed by atoms with van der Waals surface area (Å²) in [5.41, 5.74) is 5.98. The summed E-state index contributed by atoms with van der Waals surface area (Å²) in [6, 6.07) is 0. The van der Waals surface area contributed by atoms with Crippen LogP contribution >= 0.6 is 11.3 Å². The zero-order valence-corrected chi connectivity index (χ0v) is 10.4. The van der Waals surface area contributed by atoms with Crippen LogP contribution in [-0.4, -0.2) is 24.6 Å². The van der Waals surface area contributed by atoms with Gasteiger partial charge >= 0.3 is 0 Å². The van der Waals surface area contributed by atoms with E-state index in [2.05, 4.69) is 24.1 Å². The van der Waals surface area contributed by atoms with Gasteiger partial charge in [-0.1, -0.05) is 13.8 Å². The molecule has 1 aromatic heterocycles. The molecule has 1 atom stereocenters. The zero-order valence-electron chi connectivity index (χ0n) is 9.62. The molecule has 0 aromatic carbocycles. The molecule has 0 aliphatic heterocycles. The number of thiazole rings is 1.